The summed E-state index contributed by atoms with van der Waals surface area (Å²) in [6.45, 7) is 1.99. The molecular formula is C25H29FN2O2. The summed E-state index contributed by atoms with van der Waals surface area (Å²) >= 11 is 0. The number of hydrogen-bond acceptors (Lipinski definition) is 2. The predicted octanol–water partition coefficient (Wildman–Crippen LogP) is 5.02. The zero-order valence-electron chi connectivity index (χ0n) is 17.5. The average Bonchev–Trinajstić information content (AvgIpc) is 3.05. The summed E-state index contributed by atoms with van der Waals surface area (Å²) in [6, 6.07) is 14.8. The lowest BCUT2D eigenvalue weighted by atomic mass is 9.94. The zero-order chi connectivity index (χ0) is 21.1. The second-order valence-corrected chi connectivity index (χ2v) is 8.42. The fourth-order valence-electron chi connectivity index (χ4n) is 4.92. The molecule has 0 N–H and O–H groups in total. The number of carbonyl (C=O) groups is 2. The maximum absolute atomic E-state index is 14.8. The number of rotatable bonds is 4. The van der Waals surface area contributed by atoms with Gasteiger partial charge in [-0.15, -0.1) is 0 Å². The van der Waals surface area contributed by atoms with Gasteiger partial charge in [0.1, 0.15) is 18.4 Å². The van der Waals surface area contributed by atoms with E-state index in [0.717, 1.165) is 31.2 Å². The van der Waals surface area contributed by atoms with Crippen molar-refractivity contribution in [3.05, 3.63) is 71.5 Å². The molecule has 1 saturated heterocycles. The molecule has 1 heterocycles. The first-order valence-electron chi connectivity index (χ1n) is 11.0. The second kappa shape index (κ2) is 8.99. The van der Waals surface area contributed by atoms with Crippen LogP contribution in [-0.4, -0.2) is 34.2 Å². The standard InChI is InChI=1S/C25H29FN2O2/c1-18(19-11-5-4-6-12-19)28-23(29)17-27(20-13-7-2-3-8-14-20)25(30)24(28)21-15-9-10-16-22(21)26/h4-6,9-12,15-16,18,20,24H,2-3,7-8,13-14,17H2,1H3/t18-,24-/m1/s1. The Morgan fingerprint density at radius 3 is 2.20 bits per heavy atom. The van der Waals surface area contributed by atoms with Gasteiger partial charge in [0.15, 0.2) is 0 Å². The van der Waals surface area contributed by atoms with Crippen molar-refractivity contribution in [2.45, 2.75) is 63.6 Å². The van der Waals surface area contributed by atoms with Gasteiger partial charge in [0.25, 0.3) is 5.91 Å². The van der Waals surface area contributed by atoms with E-state index in [-0.39, 0.29) is 36.0 Å². The highest BCUT2D eigenvalue weighted by Crippen LogP contribution is 2.38. The molecule has 5 heteroatoms. The van der Waals surface area contributed by atoms with E-state index < -0.39 is 11.9 Å². The molecule has 2 aliphatic rings. The second-order valence-electron chi connectivity index (χ2n) is 8.42. The third-order valence-corrected chi connectivity index (χ3v) is 6.55. The van der Waals surface area contributed by atoms with Gasteiger partial charge in [-0.2, -0.15) is 0 Å². The summed E-state index contributed by atoms with van der Waals surface area (Å²) < 4.78 is 14.8. The first-order chi connectivity index (χ1) is 14.6. The molecule has 0 aromatic heterocycles. The summed E-state index contributed by atoms with van der Waals surface area (Å²) in [5.41, 5.74) is 1.21. The number of nitrogens with zero attached hydrogens (tertiary/aromatic N) is 2. The van der Waals surface area contributed by atoms with Crippen molar-refractivity contribution in [2.75, 3.05) is 6.54 Å². The summed E-state index contributed by atoms with van der Waals surface area (Å²) in [6.07, 6.45) is 6.30. The molecule has 158 valence electrons. The molecule has 0 radical (unpaired) electrons. The topological polar surface area (TPSA) is 40.6 Å². The average molecular weight is 409 g/mol. The van der Waals surface area contributed by atoms with Gasteiger partial charge in [-0.1, -0.05) is 74.2 Å². The van der Waals surface area contributed by atoms with Crippen LogP contribution in [0.15, 0.2) is 54.6 Å². The maximum atomic E-state index is 14.8. The highest BCUT2D eigenvalue weighted by Gasteiger charge is 2.45. The summed E-state index contributed by atoms with van der Waals surface area (Å²) in [4.78, 5) is 30.5. The molecule has 30 heavy (non-hydrogen) atoms. The van der Waals surface area contributed by atoms with Crippen LogP contribution in [0.2, 0.25) is 0 Å². The number of amides is 2. The SMILES string of the molecule is C[C@H](c1ccccc1)N1C(=O)CN(C2CCCCCC2)C(=O)[C@H]1c1ccccc1F. The van der Waals surface area contributed by atoms with Crippen molar-refractivity contribution in [3.8, 4) is 0 Å². The molecule has 2 aromatic carbocycles. The van der Waals surface area contributed by atoms with Crippen LogP contribution in [0.25, 0.3) is 0 Å². The highest BCUT2D eigenvalue weighted by molar-refractivity contribution is 5.96. The summed E-state index contributed by atoms with van der Waals surface area (Å²) in [5, 5.41) is 0. The van der Waals surface area contributed by atoms with Crippen LogP contribution >= 0.6 is 0 Å². The zero-order valence-corrected chi connectivity index (χ0v) is 17.5. The van der Waals surface area contributed by atoms with Gasteiger partial charge < -0.3 is 9.80 Å². The minimum Gasteiger partial charge on any atom is -0.328 e. The van der Waals surface area contributed by atoms with E-state index in [9.17, 15) is 14.0 Å². The Labute approximate surface area is 177 Å². The van der Waals surface area contributed by atoms with Crippen LogP contribution in [0.1, 0.15) is 68.7 Å². The number of carbonyl (C=O) groups excluding carboxylic acids is 2. The van der Waals surface area contributed by atoms with Crippen molar-refractivity contribution in [3.63, 3.8) is 0 Å². The lowest BCUT2D eigenvalue weighted by molar-refractivity contribution is -0.161. The summed E-state index contributed by atoms with van der Waals surface area (Å²) in [7, 11) is 0. The van der Waals surface area contributed by atoms with E-state index in [0.29, 0.717) is 0 Å². The van der Waals surface area contributed by atoms with E-state index in [1.165, 1.54) is 18.9 Å². The third kappa shape index (κ3) is 3.98. The van der Waals surface area contributed by atoms with Crippen LogP contribution in [-0.2, 0) is 9.59 Å². The minimum absolute atomic E-state index is 0.0624. The van der Waals surface area contributed by atoms with Crippen LogP contribution in [0.5, 0.6) is 0 Å². The van der Waals surface area contributed by atoms with Gasteiger partial charge in [-0.3, -0.25) is 9.59 Å². The van der Waals surface area contributed by atoms with Crippen LogP contribution in [0.3, 0.4) is 0 Å². The van der Waals surface area contributed by atoms with Crippen molar-refractivity contribution in [1.82, 2.24) is 9.80 Å². The van der Waals surface area contributed by atoms with Gasteiger partial charge in [0, 0.05) is 11.6 Å². The molecule has 0 spiro atoms. The van der Waals surface area contributed by atoms with Gasteiger partial charge in [-0.25, -0.2) is 4.39 Å². The molecule has 0 bridgehead atoms. The fourth-order valence-corrected chi connectivity index (χ4v) is 4.92. The Morgan fingerprint density at radius 2 is 1.53 bits per heavy atom. The highest BCUT2D eigenvalue weighted by atomic mass is 19.1. The molecule has 1 aliphatic heterocycles. The van der Waals surface area contributed by atoms with Crippen molar-refractivity contribution in [1.29, 1.82) is 0 Å². The molecule has 2 atom stereocenters. The van der Waals surface area contributed by atoms with E-state index in [1.807, 2.05) is 37.3 Å². The monoisotopic (exact) mass is 408 g/mol. The molecule has 4 rings (SSSR count). The smallest absolute Gasteiger partial charge is 0.250 e. The predicted molar refractivity (Wildman–Crippen MR) is 114 cm³/mol. The Hall–Kier alpha value is -2.69. The van der Waals surface area contributed by atoms with Crippen molar-refractivity contribution in [2.24, 2.45) is 0 Å². The Morgan fingerprint density at radius 1 is 0.900 bits per heavy atom. The van der Waals surface area contributed by atoms with Gasteiger partial charge in [0.2, 0.25) is 5.91 Å². The molecule has 2 aromatic rings. The van der Waals surface area contributed by atoms with Crippen LogP contribution in [0, 0.1) is 5.82 Å². The molecule has 0 unspecified atom stereocenters. The van der Waals surface area contributed by atoms with Crippen molar-refractivity contribution < 1.29 is 14.0 Å². The first-order valence-corrected chi connectivity index (χ1v) is 11.0. The number of hydrogen-bond donors (Lipinski definition) is 0. The third-order valence-electron chi connectivity index (χ3n) is 6.55. The van der Waals surface area contributed by atoms with Crippen LogP contribution < -0.4 is 0 Å². The van der Waals surface area contributed by atoms with Crippen LogP contribution in [0.4, 0.5) is 4.39 Å². The normalized spacial score (nSPS) is 22.1. The lowest BCUT2D eigenvalue weighted by Crippen LogP contribution is -2.58. The molecule has 1 saturated carbocycles. The molecular weight excluding hydrogens is 379 g/mol. The van der Waals surface area contributed by atoms with E-state index in [2.05, 4.69) is 0 Å². The van der Waals surface area contributed by atoms with Crippen molar-refractivity contribution >= 4 is 11.8 Å². The minimum atomic E-state index is -0.939. The molecule has 1 aliphatic carbocycles. The van der Waals surface area contributed by atoms with Gasteiger partial charge in [0.05, 0.1) is 6.04 Å². The first kappa shape index (κ1) is 20.6. The number of benzene rings is 2. The number of halogens is 1. The maximum Gasteiger partial charge on any atom is 0.250 e. The van der Waals surface area contributed by atoms with Gasteiger partial charge in [-0.05, 0) is 31.4 Å². The van der Waals surface area contributed by atoms with E-state index >= 15 is 0 Å². The summed E-state index contributed by atoms with van der Waals surface area (Å²) in [5.74, 6) is -0.727. The molecule has 2 amide bonds. The molecule has 4 nitrogen and oxygen atoms in total. The lowest BCUT2D eigenvalue weighted by Gasteiger charge is -2.46. The van der Waals surface area contributed by atoms with Gasteiger partial charge >= 0.3 is 0 Å². The Bertz CT molecular complexity index is 893. The fraction of sp³-hybridized carbons (Fsp3) is 0.440. The van der Waals surface area contributed by atoms with E-state index in [1.54, 1.807) is 28.0 Å². The quantitative estimate of drug-likeness (QED) is 0.667. The Kier molecular flexibility index (Phi) is 6.16. The number of piperazine rings is 1. The Balaban J connectivity index is 1.73. The van der Waals surface area contributed by atoms with E-state index in [4.69, 9.17) is 0 Å². The molecule has 2 fully saturated rings. The largest absolute Gasteiger partial charge is 0.328 e.